The molecule has 1 rings (SSSR count). The van der Waals surface area contributed by atoms with Crippen molar-refractivity contribution < 1.29 is 9.59 Å². The molecule has 0 N–H and O–H groups in total. The van der Waals surface area contributed by atoms with Crippen LogP contribution in [0.5, 0.6) is 0 Å². The molecule has 1 saturated heterocycles. The van der Waals surface area contributed by atoms with Crippen molar-refractivity contribution in [2.24, 2.45) is 5.92 Å². The van der Waals surface area contributed by atoms with Crippen molar-refractivity contribution in [3.8, 4) is 6.07 Å². The lowest BCUT2D eigenvalue weighted by Gasteiger charge is -2.33. The first-order valence-corrected chi connectivity index (χ1v) is 6.16. The van der Waals surface area contributed by atoms with Crippen molar-refractivity contribution in [1.82, 2.24) is 9.80 Å². The Morgan fingerprint density at radius 2 is 1.78 bits per heavy atom. The summed E-state index contributed by atoms with van der Waals surface area (Å²) in [7, 11) is 0. The van der Waals surface area contributed by atoms with Crippen LogP contribution in [0.1, 0.15) is 20.3 Å². The van der Waals surface area contributed by atoms with Crippen LogP contribution in [0.2, 0.25) is 0 Å². The summed E-state index contributed by atoms with van der Waals surface area (Å²) < 4.78 is 0. The van der Waals surface area contributed by atoms with E-state index >= 15 is 0 Å². The number of rotatable bonds is 3. The molecule has 5 heteroatoms. The highest BCUT2D eigenvalue weighted by molar-refractivity contribution is 5.88. The molecule has 1 aliphatic rings. The van der Waals surface area contributed by atoms with E-state index in [2.05, 4.69) is 0 Å². The molecule has 0 atom stereocenters. The molecule has 0 aromatic rings. The smallest absolute Gasteiger partial charge is 0.246 e. The van der Waals surface area contributed by atoms with Gasteiger partial charge in [0.25, 0.3) is 0 Å². The van der Waals surface area contributed by atoms with Crippen LogP contribution < -0.4 is 0 Å². The van der Waals surface area contributed by atoms with Crippen LogP contribution in [0.15, 0.2) is 12.2 Å². The molecule has 0 aromatic heterocycles. The maximum absolute atomic E-state index is 11.8. The maximum Gasteiger partial charge on any atom is 0.246 e. The zero-order valence-corrected chi connectivity index (χ0v) is 10.9. The fourth-order valence-corrected chi connectivity index (χ4v) is 1.74. The van der Waals surface area contributed by atoms with Gasteiger partial charge in [-0.1, -0.05) is 19.9 Å². The van der Waals surface area contributed by atoms with Crippen molar-refractivity contribution in [1.29, 1.82) is 5.26 Å². The van der Waals surface area contributed by atoms with Gasteiger partial charge in [0.2, 0.25) is 11.8 Å². The molecule has 5 nitrogen and oxygen atoms in total. The molecule has 0 saturated carbocycles. The van der Waals surface area contributed by atoms with Crippen LogP contribution in [0, 0.1) is 17.2 Å². The zero-order chi connectivity index (χ0) is 13.5. The molecule has 1 aliphatic heterocycles. The minimum Gasteiger partial charge on any atom is -0.338 e. The highest BCUT2D eigenvalue weighted by Gasteiger charge is 2.22. The molecule has 0 radical (unpaired) electrons. The van der Waals surface area contributed by atoms with Crippen molar-refractivity contribution in [2.45, 2.75) is 20.3 Å². The lowest BCUT2D eigenvalue weighted by Crippen LogP contribution is -2.50. The number of hydrogen-bond donors (Lipinski definition) is 0. The third kappa shape index (κ3) is 4.21. The molecular weight excluding hydrogens is 230 g/mol. The van der Waals surface area contributed by atoms with E-state index in [1.165, 1.54) is 0 Å². The second kappa shape index (κ2) is 6.80. The Labute approximate surface area is 108 Å². The minimum atomic E-state index is -0.151. The summed E-state index contributed by atoms with van der Waals surface area (Å²) in [4.78, 5) is 26.6. The van der Waals surface area contributed by atoms with Gasteiger partial charge in [0.1, 0.15) is 6.42 Å². The van der Waals surface area contributed by atoms with Crippen molar-refractivity contribution >= 4 is 11.8 Å². The fourth-order valence-electron chi connectivity index (χ4n) is 1.74. The largest absolute Gasteiger partial charge is 0.338 e. The quantitative estimate of drug-likeness (QED) is 0.694. The second-order valence-corrected chi connectivity index (χ2v) is 4.64. The van der Waals surface area contributed by atoms with E-state index in [9.17, 15) is 9.59 Å². The first-order chi connectivity index (χ1) is 8.54. The molecule has 0 aliphatic carbocycles. The van der Waals surface area contributed by atoms with Gasteiger partial charge in [-0.05, 0) is 12.0 Å². The van der Waals surface area contributed by atoms with E-state index < -0.39 is 0 Å². The van der Waals surface area contributed by atoms with Gasteiger partial charge in [0.05, 0.1) is 6.07 Å². The molecule has 0 unspecified atom stereocenters. The standard InChI is InChI=1S/C13H19N3O2/c1-11(2)3-4-12(17)15-7-9-16(10-8-15)13(18)5-6-14/h3-4,11H,5,7-10H2,1-2H3/b4-3+. The van der Waals surface area contributed by atoms with Gasteiger partial charge < -0.3 is 9.80 Å². The Hall–Kier alpha value is -1.83. The minimum absolute atomic E-state index is 0.00363. The first-order valence-electron chi connectivity index (χ1n) is 6.16. The predicted molar refractivity (Wildman–Crippen MR) is 67.4 cm³/mol. The highest BCUT2D eigenvalue weighted by atomic mass is 16.2. The number of nitriles is 1. The van der Waals surface area contributed by atoms with Gasteiger partial charge in [-0.15, -0.1) is 0 Å². The zero-order valence-electron chi connectivity index (χ0n) is 10.9. The molecule has 98 valence electrons. The fraction of sp³-hybridized carbons (Fsp3) is 0.615. The Kier molecular flexibility index (Phi) is 5.37. The second-order valence-electron chi connectivity index (χ2n) is 4.64. The van der Waals surface area contributed by atoms with E-state index in [0.717, 1.165) is 0 Å². The van der Waals surface area contributed by atoms with Crippen LogP contribution in [0.3, 0.4) is 0 Å². The van der Waals surface area contributed by atoms with E-state index in [1.54, 1.807) is 15.9 Å². The first kappa shape index (κ1) is 14.2. The highest BCUT2D eigenvalue weighted by Crippen LogP contribution is 2.05. The van der Waals surface area contributed by atoms with Crippen LogP contribution in [0.25, 0.3) is 0 Å². The number of hydrogen-bond acceptors (Lipinski definition) is 3. The summed E-state index contributed by atoms with van der Waals surface area (Å²) in [6.07, 6.45) is 3.38. The predicted octanol–water partition coefficient (Wildman–Crippen LogP) is 0.783. The lowest BCUT2D eigenvalue weighted by molar-refractivity contribution is -0.136. The number of carbonyl (C=O) groups excluding carboxylic acids is 2. The number of carbonyl (C=O) groups is 2. The Morgan fingerprint density at radius 3 is 2.28 bits per heavy atom. The number of piperazine rings is 1. The van der Waals surface area contributed by atoms with Crippen LogP contribution in [-0.4, -0.2) is 47.8 Å². The Morgan fingerprint density at radius 1 is 1.22 bits per heavy atom. The maximum atomic E-state index is 11.8. The third-order valence-electron chi connectivity index (χ3n) is 2.80. The summed E-state index contributed by atoms with van der Waals surface area (Å²) in [5, 5.41) is 8.46. The van der Waals surface area contributed by atoms with Crippen LogP contribution in [0.4, 0.5) is 0 Å². The van der Waals surface area contributed by atoms with Gasteiger partial charge in [-0.25, -0.2) is 0 Å². The number of allylic oxidation sites excluding steroid dienone is 1. The summed E-state index contributed by atoms with van der Waals surface area (Å²) >= 11 is 0. The summed E-state index contributed by atoms with van der Waals surface area (Å²) in [5.74, 6) is 0.200. The Balaban J connectivity index is 2.42. The molecule has 0 aromatic carbocycles. The molecule has 2 amide bonds. The number of amides is 2. The van der Waals surface area contributed by atoms with E-state index in [-0.39, 0.29) is 18.2 Å². The molecule has 1 fully saturated rings. The van der Waals surface area contributed by atoms with Gasteiger partial charge in [0, 0.05) is 26.2 Å². The van der Waals surface area contributed by atoms with E-state index in [4.69, 9.17) is 5.26 Å². The molecular formula is C13H19N3O2. The normalized spacial score (nSPS) is 16.1. The van der Waals surface area contributed by atoms with Crippen molar-refractivity contribution in [3.63, 3.8) is 0 Å². The number of nitrogens with zero attached hydrogens (tertiary/aromatic N) is 3. The molecule has 0 spiro atoms. The van der Waals surface area contributed by atoms with Gasteiger partial charge >= 0.3 is 0 Å². The average Bonchev–Trinajstić information content (AvgIpc) is 2.36. The molecule has 18 heavy (non-hydrogen) atoms. The summed E-state index contributed by atoms with van der Waals surface area (Å²) in [6, 6.07) is 1.85. The average molecular weight is 249 g/mol. The lowest BCUT2D eigenvalue weighted by atomic mass is 10.2. The summed E-state index contributed by atoms with van der Waals surface area (Å²) in [6.45, 7) is 6.14. The van der Waals surface area contributed by atoms with Crippen LogP contribution in [-0.2, 0) is 9.59 Å². The summed E-state index contributed by atoms with van der Waals surface area (Å²) in [5.41, 5.74) is 0. The van der Waals surface area contributed by atoms with E-state index in [0.29, 0.717) is 32.1 Å². The van der Waals surface area contributed by atoms with Gasteiger partial charge in [0.15, 0.2) is 0 Å². The van der Waals surface area contributed by atoms with Crippen LogP contribution >= 0.6 is 0 Å². The molecule has 1 heterocycles. The van der Waals surface area contributed by atoms with Crippen molar-refractivity contribution in [3.05, 3.63) is 12.2 Å². The van der Waals surface area contributed by atoms with Gasteiger partial charge in [-0.3, -0.25) is 9.59 Å². The Bertz CT molecular complexity index is 374. The van der Waals surface area contributed by atoms with E-state index in [1.807, 2.05) is 26.0 Å². The third-order valence-corrected chi connectivity index (χ3v) is 2.80. The molecule has 0 bridgehead atoms. The van der Waals surface area contributed by atoms with Crippen molar-refractivity contribution in [2.75, 3.05) is 26.2 Å². The van der Waals surface area contributed by atoms with Gasteiger partial charge in [-0.2, -0.15) is 5.26 Å². The topological polar surface area (TPSA) is 64.4 Å². The SMILES string of the molecule is CC(C)/C=C/C(=O)N1CCN(C(=O)CC#N)CC1. The monoisotopic (exact) mass is 249 g/mol.